The summed E-state index contributed by atoms with van der Waals surface area (Å²) in [6.45, 7) is 3.87. The summed E-state index contributed by atoms with van der Waals surface area (Å²) in [7, 11) is 3.19. The molecule has 0 aromatic heterocycles. The van der Waals surface area contributed by atoms with Crippen LogP contribution in [0.3, 0.4) is 0 Å². The van der Waals surface area contributed by atoms with Gasteiger partial charge in [-0.2, -0.15) is 0 Å². The largest absolute Gasteiger partial charge is 0.493 e. The molecule has 116 valence electrons. The maximum Gasteiger partial charge on any atom is 0.252 e. The van der Waals surface area contributed by atoms with Crippen molar-refractivity contribution < 1.29 is 14.3 Å². The molecule has 0 aliphatic carbocycles. The van der Waals surface area contributed by atoms with Crippen LogP contribution in [0.2, 0.25) is 0 Å². The predicted octanol–water partition coefficient (Wildman–Crippen LogP) is 3.50. The van der Waals surface area contributed by atoms with Crippen LogP contribution in [0.25, 0.3) is 0 Å². The Kier molecular flexibility index (Phi) is 5.04. The van der Waals surface area contributed by atoms with Crippen molar-refractivity contribution >= 4 is 5.91 Å². The number of carbonyl (C=O) groups is 1. The minimum absolute atomic E-state index is 0.0830. The first-order chi connectivity index (χ1) is 10.6. The minimum Gasteiger partial charge on any atom is -0.493 e. The average Bonchev–Trinajstić information content (AvgIpc) is 2.54. The third-order valence-electron chi connectivity index (χ3n) is 3.64. The van der Waals surface area contributed by atoms with Crippen LogP contribution >= 0.6 is 0 Å². The number of hydrogen-bond acceptors (Lipinski definition) is 3. The second-order valence-corrected chi connectivity index (χ2v) is 5.12. The molecule has 2 aromatic rings. The monoisotopic (exact) mass is 299 g/mol. The molecule has 4 heteroatoms. The molecule has 0 radical (unpaired) electrons. The van der Waals surface area contributed by atoms with E-state index in [9.17, 15) is 4.79 Å². The lowest BCUT2D eigenvalue weighted by Crippen LogP contribution is -2.27. The maximum absolute atomic E-state index is 12.4. The number of rotatable bonds is 5. The first-order valence-corrected chi connectivity index (χ1v) is 7.15. The van der Waals surface area contributed by atoms with Crippen molar-refractivity contribution in [3.8, 4) is 11.5 Å². The van der Waals surface area contributed by atoms with E-state index in [1.54, 1.807) is 14.2 Å². The van der Waals surface area contributed by atoms with E-state index in [2.05, 4.69) is 5.32 Å². The van der Waals surface area contributed by atoms with Crippen molar-refractivity contribution in [2.24, 2.45) is 0 Å². The Labute approximate surface area is 131 Å². The fraction of sp³-hybridized carbons (Fsp3) is 0.278. The van der Waals surface area contributed by atoms with Gasteiger partial charge in [-0.1, -0.05) is 24.3 Å². The van der Waals surface area contributed by atoms with Crippen LogP contribution < -0.4 is 14.8 Å². The van der Waals surface area contributed by atoms with Gasteiger partial charge in [-0.25, -0.2) is 0 Å². The van der Waals surface area contributed by atoms with Gasteiger partial charge in [-0.3, -0.25) is 4.79 Å². The molecule has 22 heavy (non-hydrogen) atoms. The van der Waals surface area contributed by atoms with Crippen molar-refractivity contribution in [1.29, 1.82) is 0 Å². The average molecular weight is 299 g/mol. The summed E-state index contributed by atoms with van der Waals surface area (Å²) in [6.07, 6.45) is 0. The number of amides is 1. The van der Waals surface area contributed by atoms with Crippen LogP contribution in [-0.2, 0) is 0 Å². The van der Waals surface area contributed by atoms with E-state index < -0.39 is 0 Å². The molecule has 4 nitrogen and oxygen atoms in total. The van der Waals surface area contributed by atoms with Gasteiger partial charge >= 0.3 is 0 Å². The molecule has 1 N–H and O–H groups in total. The van der Waals surface area contributed by atoms with Gasteiger partial charge in [0, 0.05) is 5.56 Å². The molecule has 0 aliphatic heterocycles. The van der Waals surface area contributed by atoms with Crippen molar-refractivity contribution in [2.75, 3.05) is 14.2 Å². The lowest BCUT2D eigenvalue weighted by atomic mass is 10.1. The Hall–Kier alpha value is -2.49. The smallest absolute Gasteiger partial charge is 0.252 e. The van der Waals surface area contributed by atoms with E-state index >= 15 is 0 Å². The minimum atomic E-state index is -0.132. The molecule has 1 unspecified atom stereocenters. The molecule has 2 aromatic carbocycles. The highest BCUT2D eigenvalue weighted by Gasteiger charge is 2.14. The third kappa shape index (κ3) is 3.39. The van der Waals surface area contributed by atoms with Crippen LogP contribution in [0.4, 0.5) is 0 Å². The Bertz CT molecular complexity index is 667. The maximum atomic E-state index is 12.4. The Morgan fingerprint density at radius 3 is 2.36 bits per heavy atom. The molecule has 2 rings (SSSR count). The Morgan fingerprint density at radius 2 is 1.73 bits per heavy atom. The van der Waals surface area contributed by atoms with Gasteiger partial charge in [0.05, 0.1) is 20.3 Å². The van der Waals surface area contributed by atoms with Gasteiger partial charge in [-0.05, 0) is 43.2 Å². The molecule has 1 atom stereocenters. The van der Waals surface area contributed by atoms with E-state index in [4.69, 9.17) is 9.47 Å². The molecule has 0 heterocycles. The Balaban J connectivity index is 2.17. The summed E-state index contributed by atoms with van der Waals surface area (Å²) in [4.78, 5) is 12.4. The second kappa shape index (κ2) is 6.98. The van der Waals surface area contributed by atoms with Crippen LogP contribution in [-0.4, -0.2) is 20.1 Å². The number of aryl methyl sites for hydroxylation is 1. The van der Waals surface area contributed by atoms with E-state index in [1.165, 1.54) is 0 Å². The number of nitrogens with one attached hydrogen (secondary N) is 1. The van der Waals surface area contributed by atoms with Crippen LogP contribution in [0.1, 0.15) is 34.5 Å². The van der Waals surface area contributed by atoms with E-state index in [0.29, 0.717) is 17.1 Å². The van der Waals surface area contributed by atoms with Crippen molar-refractivity contribution in [3.63, 3.8) is 0 Å². The molecule has 0 fully saturated rings. The zero-order chi connectivity index (χ0) is 16.1. The fourth-order valence-electron chi connectivity index (χ4n) is 2.31. The van der Waals surface area contributed by atoms with Crippen LogP contribution in [0, 0.1) is 6.92 Å². The SMILES string of the molecule is COc1ccc(C(C)NC(=O)c2ccccc2C)cc1OC. The predicted molar refractivity (Wildman–Crippen MR) is 86.6 cm³/mol. The molecule has 0 spiro atoms. The van der Waals surface area contributed by atoms with Gasteiger partial charge in [0.25, 0.3) is 5.91 Å². The number of hydrogen-bond donors (Lipinski definition) is 1. The van der Waals surface area contributed by atoms with Gasteiger partial charge < -0.3 is 14.8 Å². The zero-order valence-corrected chi connectivity index (χ0v) is 13.3. The number of carbonyl (C=O) groups excluding carboxylic acids is 1. The fourth-order valence-corrected chi connectivity index (χ4v) is 2.31. The normalized spacial score (nSPS) is 11.6. The topological polar surface area (TPSA) is 47.6 Å². The van der Waals surface area contributed by atoms with Gasteiger partial charge in [0.1, 0.15) is 0 Å². The van der Waals surface area contributed by atoms with Crippen LogP contribution in [0.15, 0.2) is 42.5 Å². The first kappa shape index (κ1) is 15.9. The quantitative estimate of drug-likeness (QED) is 0.919. The molecular formula is C18H21NO3. The third-order valence-corrected chi connectivity index (χ3v) is 3.64. The van der Waals surface area contributed by atoms with Crippen molar-refractivity contribution in [1.82, 2.24) is 5.32 Å². The highest BCUT2D eigenvalue weighted by molar-refractivity contribution is 5.95. The number of methoxy groups -OCH3 is 2. The lowest BCUT2D eigenvalue weighted by molar-refractivity contribution is 0.0939. The first-order valence-electron chi connectivity index (χ1n) is 7.15. The molecule has 1 amide bonds. The summed E-state index contributed by atoms with van der Waals surface area (Å²) in [6, 6.07) is 13.0. The van der Waals surface area contributed by atoms with Gasteiger partial charge in [0.2, 0.25) is 0 Å². The van der Waals surface area contributed by atoms with Crippen LogP contribution in [0.5, 0.6) is 11.5 Å². The Morgan fingerprint density at radius 1 is 1.05 bits per heavy atom. The lowest BCUT2D eigenvalue weighted by Gasteiger charge is -2.17. The van der Waals surface area contributed by atoms with Crippen molar-refractivity contribution in [3.05, 3.63) is 59.2 Å². The summed E-state index contributed by atoms with van der Waals surface area (Å²) in [5, 5.41) is 3.01. The van der Waals surface area contributed by atoms with E-state index in [1.807, 2.05) is 56.3 Å². The van der Waals surface area contributed by atoms with E-state index in [-0.39, 0.29) is 11.9 Å². The molecular weight excluding hydrogens is 278 g/mol. The standard InChI is InChI=1S/C18H21NO3/c1-12-7-5-6-8-15(12)18(20)19-13(2)14-9-10-16(21-3)17(11-14)22-4/h5-11,13H,1-4H3,(H,19,20). The summed E-state index contributed by atoms with van der Waals surface area (Å²) in [5.74, 6) is 1.24. The van der Waals surface area contributed by atoms with Crippen molar-refractivity contribution in [2.45, 2.75) is 19.9 Å². The second-order valence-electron chi connectivity index (χ2n) is 5.12. The highest BCUT2D eigenvalue weighted by Crippen LogP contribution is 2.30. The zero-order valence-electron chi connectivity index (χ0n) is 13.3. The van der Waals surface area contributed by atoms with Gasteiger partial charge in [-0.15, -0.1) is 0 Å². The summed E-state index contributed by atoms with van der Waals surface area (Å²) >= 11 is 0. The summed E-state index contributed by atoms with van der Waals surface area (Å²) < 4.78 is 10.5. The number of ether oxygens (including phenoxy) is 2. The highest BCUT2D eigenvalue weighted by atomic mass is 16.5. The summed E-state index contributed by atoms with van der Waals surface area (Å²) in [5.41, 5.74) is 2.61. The molecule has 0 bridgehead atoms. The number of benzene rings is 2. The van der Waals surface area contributed by atoms with Gasteiger partial charge in [0.15, 0.2) is 11.5 Å². The molecule has 0 saturated heterocycles. The van der Waals surface area contributed by atoms with E-state index in [0.717, 1.165) is 11.1 Å². The molecule has 0 aliphatic rings. The molecule has 0 saturated carbocycles.